The van der Waals surface area contributed by atoms with Crippen molar-refractivity contribution in [2.24, 2.45) is 0 Å². The Kier molecular flexibility index (Phi) is 4.49. The highest BCUT2D eigenvalue weighted by molar-refractivity contribution is 5.79. The molecule has 1 heterocycles. The fraction of sp³-hybridized carbons (Fsp3) is 0.533. The van der Waals surface area contributed by atoms with Crippen molar-refractivity contribution >= 4 is 17.0 Å². The molecule has 2 aromatic rings. The molecule has 0 radical (unpaired) electrons. The molecule has 0 bridgehead atoms. The van der Waals surface area contributed by atoms with Crippen LogP contribution in [0.5, 0.6) is 5.75 Å². The van der Waals surface area contributed by atoms with Crippen molar-refractivity contribution in [1.82, 2.24) is 14.5 Å². The van der Waals surface area contributed by atoms with Gasteiger partial charge in [-0.05, 0) is 32.5 Å². The van der Waals surface area contributed by atoms with Gasteiger partial charge in [0.25, 0.3) is 0 Å². The summed E-state index contributed by atoms with van der Waals surface area (Å²) >= 11 is 0. The quantitative estimate of drug-likeness (QED) is 0.880. The second kappa shape index (κ2) is 6.13. The van der Waals surface area contributed by atoms with E-state index in [-0.39, 0.29) is 0 Å². The van der Waals surface area contributed by atoms with E-state index in [4.69, 9.17) is 10.5 Å². The van der Waals surface area contributed by atoms with Crippen LogP contribution < -0.4 is 10.5 Å². The van der Waals surface area contributed by atoms with Crippen molar-refractivity contribution in [2.75, 3.05) is 26.4 Å². The highest BCUT2D eigenvalue weighted by Gasteiger charge is 2.11. The summed E-state index contributed by atoms with van der Waals surface area (Å²) in [5.74, 6) is 1.37. The maximum atomic E-state index is 6.03. The maximum absolute atomic E-state index is 6.03. The predicted octanol–water partition coefficient (Wildman–Crippen LogP) is 2.36. The third-order valence-corrected chi connectivity index (χ3v) is 4.00. The molecule has 1 aromatic heterocycles. The summed E-state index contributed by atoms with van der Waals surface area (Å²) in [5, 5.41) is 0. The second-order valence-corrected chi connectivity index (χ2v) is 5.21. The number of imidazole rings is 1. The van der Waals surface area contributed by atoms with Crippen molar-refractivity contribution in [3.63, 3.8) is 0 Å². The molecule has 0 saturated heterocycles. The standard InChI is InChI=1S/C15H24N4O/c1-5-11(2)18(3)8-9-19-14-7-6-12(20-4)10-13(14)17-15(19)16/h6-7,10-11H,5,8-9H2,1-4H3,(H2,16,17). The number of hydrogen-bond acceptors (Lipinski definition) is 4. The Morgan fingerprint density at radius 1 is 1.45 bits per heavy atom. The molecule has 1 atom stereocenters. The molecule has 0 spiro atoms. The van der Waals surface area contributed by atoms with Gasteiger partial charge in [0.05, 0.1) is 18.1 Å². The van der Waals surface area contributed by atoms with E-state index in [2.05, 4.69) is 35.3 Å². The molecule has 0 amide bonds. The molecule has 0 aliphatic carbocycles. The van der Waals surface area contributed by atoms with Gasteiger partial charge in [-0.3, -0.25) is 0 Å². The number of nitrogen functional groups attached to an aromatic ring is 1. The lowest BCUT2D eigenvalue weighted by molar-refractivity contribution is 0.244. The first-order valence-electron chi connectivity index (χ1n) is 7.06. The Bertz CT molecular complexity index is 579. The highest BCUT2D eigenvalue weighted by Crippen LogP contribution is 2.22. The number of hydrogen-bond donors (Lipinski definition) is 1. The van der Waals surface area contributed by atoms with Gasteiger partial charge in [-0.15, -0.1) is 0 Å². The first-order chi connectivity index (χ1) is 9.56. The summed E-state index contributed by atoms with van der Waals surface area (Å²) in [6, 6.07) is 6.45. The molecule has 2 N–H and O–H groups in total. The fourth-order valence-corrected chi connectivity index (χ4v) is 2.28. The van der Waals surface area contributed by atoms with Crippen LogP contribution in [0.1, 0.15) is 20.3 Å². The Labute approximate surface area is 120 Å². The van der Waals surface area contributed by atoms with Gasteiger partial charge in [0, 0.05) is 25.2 Å². The lowest BCUT2D eigenvalue weighted by atomic mass is 10.2. The van der Waals surface area contributed by atoms with Gasteiger partial charge in [-0.25, -0.2) is 4.98 Å². The number of fused-ring (bicyclic) bond motifs is 1. The predicted molar refractivity (Wildman–Crippen MR) is 83.1 cm³/mol. The molecule has 20 heavy (non-hydrogen) atoms. The van der Waals surface area contributed by atoms with Crippen molar-refractivity contribution in [2.45, 2.75) is 32.9 Å². The van der Waals surface area contributed by atoms with E-state index in [1.54, 1.807) is 7.11 Å². The van der Waals surface area contributed by atoms with E-state index in [0.717, 1.165) is 36.3 Å². The third-order valence-electron chi connectivity index (χ3n) is 4.00. The van der Waals surface area contributed by atoms with Crippen LogP contribution >= 0.6 is 0 Å². The zero-order valence-corrected chi connectivity index (χ0v) is 12.8. The molecule has 0 fully saturated rings. The van der Waals surface area contributed by atoms with Gasteiger partial charge in [0.2, 0.25) is 5.95 Å². The summed E-state index contributed by atoms with van der Waals surface area (Å²) < 4.78 is 7.28. The number of ether oxygens (including phenoxy) is 1. The Morgan fingerprint density at radius 2 is 2.20 bits per heavy atom. The van der Waals surface area contributed by atoms with E-state index >= 15 is 0 Å². The number of likely N-dealkylation sites (N-methyl/N-ethyl adjacent to an activating group) is 1. The number of benzene rings is 1. The minimum Gasteiger partial charge on any atom is -0.497 e. The Morgan fingerprint density at radius 3 is 2.85 bits per heavy atom. The zero-order valence-electron chi connectivity index (χ0n) is 12.8. The van der Waals surface area contributed by atoms with Crippen molar-refractivity contribution in [3.8, 4) is 5.75 Å². The lowest BCUT2D eigenvalue weighted by Gasteiger charge is -2.23. The van der Waals surface area contributed by atoms with Crippen LogP contribution in [0.4, 0.5) is 5.95 Å². The first kappa shape index (κ1) is 14.7. The van der Waals surface area contributed by atoms with Crippen LogP contribution in [0.15, 0.2) is 18.2 Å². The number of anilines is 1. The topological polar surface area (TPSA) is 56.3 Å². The number of methoxy groups -OCH3 is 1. The largest absolute Gasteiger partial charge is 0.497 e. The minimum atomic E-state index is 0.561. The van der Waals surface area contributed by atoms with E-state index in [1.165, 1.54) is 0 Å². The van der Waals surface area contributed by atoms with Crippen molar-refractivity contribution in [1.29, 1.82) is 0 Å². The van der Waals surface area contributed by atoms with E-state index < -0.39 is 0 Å². The number of nitrogens with zero attached hydrogens (tertiary/aromatic N) is 3. The summed E-state index contributed by atoms with van der Waals surface area (Å²) in [7, 11) is 3.80. The van der Waals surface area contributed by atoms with Gasteiger partial charge < -0.3 is 19.9 Å². The molecule has 0 aliphatic rings. The average Bonchev–Trinajstić information content (AvgIpc) is 2.78. The lowest BCUT2D eigenvalue weighted by Crippen LogP contribution is -2.31. The minimum absolute atomic E-state index is 0.561. The summed E-state index contributed by atoms with van der Waals surface area (Å²) in [6.45, 7) is 6.24. The van der Waals surface area contributed by atoms with Crippen LogP contribution in [-0.2, 0) is 6.54 Å². The molecule has 1 unspecified atom stereocenters. The van der Waals surface area contributed by atoms with E-state index in [0.29, 0.717) is 12.0 Å². The highest BCUT2D eigenvalue weighted by atomic mass is 16.5. The van der Waals surface area contributed by atoms with E-state index in [1.807, 2.05) is 18.2 Å². The van der Waals surface area contributed by atoms with Gasteiger partial charge in [-0.2, -0.15) is 0 Å². The van der Waals surface area contributed by atoms with Crippen molar-refractivity contribution in [3.05, 3.63) is 18.2 Å². The zero-order chi connectivity index (χ0) is 14.7. The molecule has 5 nitrogen and oxygen atoms in total. The molecular weight excluding hydrogens is 252 g/mol. The molecule has 5 heteroatoms. The molecule has 110 valence electrons. The molecule has 0 saturated carbocycles. The number of nitrogens with two attached hydrogens (primary N) is 1. The SMILES string of the molecule is CCC(C)N(C)CCn1c(N)nc2cc(OC)ccc21. The van der Waals surface area contributed by atoms with Crippen LogP contribution in [-0.4, -0.2) is 41.2 Å². The summed E-state index contributed by atoms with van der Waals surface area (Å²) in [6.07, 6.45) is 1.15. The van der Waals surface area contributed by atoms with Crippen LogP contribution in [0, 0.1) is 0 Å². The molecule has 0 aliphatic heterocycles. The second-order valence-electron chi connectivity index (χ2n) is 5.21. The normalized spacial score (nSPS) is 13.1. The van der Waals surface area contributed by atoms with Crippen molar-refractivity contribution < 1.29 is 4.74 Å². The molecular formula is C15H24N4O. The van der Waals surface area contributed by atoms with Gasteiger partial charge in [0.15, 0.2) is 0 Å². The molecule has 2 rings (SSSR count). The number of rotatable bonds is 6. The van der Waals surface area contributed by atoms with Gasteiger partial charge in [-0.1, -0.05) is 6.92 Å². The Balaban J connectivity index is 2.19. The van der Waals surface area contributed by atoms with Gasteiger partial charge >= 0.3 is 0 Å². The first-order valence-corrected chi connectivity index (χ1v) is 7.06. The summed E-state index contributed by atoms with van der Waals surface area (Å²) in [4.78, 5) is 6.75. The van der Waals surface area contributed by atoms with E-state index in [9.17, 15) is 0 Å². The monoisotopic (exact) mass is 276 g/mol. The summed E-state index contributed by atoms with van der Waals surface area (Å²) in [5.41, 5.74) is 7.97. The number of aromatic nitrogens is 2. The smallest absolute Gasteiger partial charge is 0.201 e. The Hall–Kier alpha value is -1.75. The van der Waals surface area contributed by atoms with Crippen LogP contribution in [0.2, 0.25) is 0 Å². The fourth-order valence-electron chi connectivity index (χ4n) is 2.28. The maximum Gasteiger partial charge on any atom is 0.201 e. The molecule has 1 aromatic carbocycles. The third kappa shape index (κ3) is 2.88. The van der Waals surface area contributed by atoms with Crippen LogP contribution in [0.25, 0.3) is 11.0 Å². The van der Waals surface area contributed by atoms with Gasteiger partial charge in [0.1, 0.15) is 5.75 Å². The average molecular weight is 276 g/mol. The van der Waals surface area contributed by atoms with Crippen LogP contribution in [0.3, 0.4) is 0 Å².